The molecule has 18 heavy (non-hydrogen) atoms. The number of rotatable bonds is 2. The minimum absolute atomic E-state index is 0.0551. The minimum atomic E-state index is -0.0551. The van der Waals surface area contributed by atoms with E-state index >= 15 is 0 Å². The second-order valence-corrected chi connectivity index (χ2v) is 5.38. The molecule has 0 spiro atoms. The SMILES string of the molecule is O=C(NC1CCCC1)C1CCc2ccccc2N1. The van der Waals surface area contributed by atoms with Crippen LogP contribution >= 0.6 is 0 Å². The van der Waals surface area contributed by atoms with Crippen molar-refractivity contribution in [2.24, 2.45) is 0 Å². The lowest BCUT2D eigenvalue weighted by Crippen LogP contribution is -2.45. The molecule has 1 atom stereocenters. The van der Waals surface area contributed by atoms with E-state index in [0.29, 0.717) is 6.04 Å². The van der Waals surface area contributed by atoms with Crippen molar-refractivity contribution in [3.63, 3.8) is 0 Å². The number of benzene rings is 1. The van der Waals surface area contributed by atoms with E-state index in [-0.39, 0.29) is 11.9 Å². The van der Waals surface area contributed by atoms with Gasteiger partial charge in [-0.15, -0.1) is 0 Å². The molecule has 2 N–H and O–H groups in total. The number of carbonyl (C=O) groups excluding carboxylic acids is 1. The second kappa shape index (κ2) is 5.01. The summed E-state index contributed by atoms with van der Waals surface area (Å²) in [4.78, 5) is 12.2. The lowest BCUT2D eigenvalue weighted by molar-refractivity contribution is -0.122. The van der Waals surface area contributed by atoms with Gasteiger partial charge in [-0.05, 0) is 37.3 Å². The maximum Gasteiger partial charge on any atom is 0.242 e. The number of para-hydroxylation sites is 1. The first-order valence-electron chi connectivity index (χ1n) is 6.98. The molecule has 2 aliphatic rings. The molecule has 1 unspecified atom stereocenters. The molecule has 1 aliphatic heterocycles. The molecule has 1 saturated carbocycles. The fraction of sp³-hybridized carbons (Fsp3) is 0.533. The zero-order valence-corrected chi connectivity index (χ0v) is 10.6. The highest BCUT2D eigenvalue weighted by Gasteiger charge is 2.26. The van der Waals surface area contributed by atoms with Crippen molar-refractivity contribution in [3.8, 4) is 0 Å². The van der Waals surface area contributed by atoms with Gasteiger partial charge in [-0.3, -0.25) is 4.79 Å². The molecule has 0 radical (unpaired) electrons. The number of anilines is 1. The van der Waals surface area contributed by atoms with Crippen LogP contribution in [0.15, 0.2) is 24.3 Å². The molecule has 1 amide bonds. The van der Waals surface area contributed by atoms with Gasteiger partial charge in [0.05, 0.1) is 0 Å². The summed E-state index contributed by atoms with van der Waals surface area (Å²) in [5.74, 6) is 0.177. The van der Waals surface area contributed by atoms with E-state index in [9.17, 15) is 4.79 Å². The van der Waals surface area contributed by atoms with E-state index in [1.807, 2.05) is 6.07 Å². The monoisotopic (exact) mass is 244 g/mol. The van der Waals surface area contributed by atoms with Crippen LogP contribution in [0.2, 0.25) is 0 Å². The lowest BCUT2D eigenvalue weighted by Gasteiger charge is -2.27. The Hall–Kier alpha value is -1.51. The second-order valence-electron chi connectivity index (χ2n) is 5.38. The first-order valence-corrected chi connectivity index (χ1v) is 6.98. The van der Waals surface area contributed by atoms with Crippen LogP contribution < -0.4 is 10.6 Å². The zero-order chi connectivity index (χ0) is 12.4. The number of nitrogens with one attached hydrogen (secondary N) is 2. The average molecular weight is 244 g/mol. The van der Waals surface area contributed by atoms with E-state index in [1.165, 1.54) is 18.4 Å². The summed E-state index contributed by atoms with van der Waals surface area (Å²) in [5, 5.41) is 6.54. The van der Waals surface area contributed by atoms with Crippen LogP contribution in [0.25, 0.3) is 0 Å². The topological polar surface area (TPSA) is 41.1 Å². The van der Waals surface area contributed by atoms with E-state index in [0.717, 1.165) is 31.4 Å². The van der Waals surface area contributed by atoms with Crippen LogP contribution in [0, 0.1) is 0 Å². The van der Waals surface area contributed by atoms with Crippen LogP contribution in [0.4, 0.5) is 5.69 Å². The molecule has 3 rings (SSSR count). The summed E-state index contributed by atoms with van der Waals surface area (Å²) in [7, 11) is 0. The summed E-state index contributed by atoms with van der Waals surface area (Å²) in [5.41, 5.74) is 2.44. The molecule has 1 aromatic carbocycles. The fourth-order valence-electron chi connectivity index (χ4n) is 3.01. The third-order valence-electron chi connectivity index (χ3n) is 4.07. The highest BCUT2D eigenvalue weighted by atomic mass is 16.2. The van der Waals surface area contributed by atoms with Crippen molar-refractivity contribution in [2.45, 2.75) is 50.6 Å². The van der Waals surface area contributed by atoms with Crippen molar-refractivity contribution in [1.29, 1.82) is 0 Å². The van der Waals surface area contributed by atoms with E-state index in [2.05, 4.69) is 28.8 Å². The fourth-order valence-corrected chi connectivity index (χ4v) is 3.01. The first kappa shape index (κ1) is 11.6. The van der Waals surface area contributed by atoms with Crippen molar-refractivity contribution < 1.29 is 4.79 Å². The van der Waals surface area contributed by atoms with Gasteiger partial charge in [-0.2, -0.15) is 0 Å². The Bertz CT molecular complexity index is 438. The Morgan fingerprint density at radius 2 is 1.94 bits per heavy atom. The van der Waals surface area contributed by atoms with Crippen molar-refractivity contribution >= 4 is 11.6 Å². The maximum absolute atomic E-state index is 12.2. The summed E-state index contributed by atoms with van der Waals surface area (Å²) in [6.07, 6.45) is 6.70. The zero-order valence-electron chi connectivity index (χ0n) is 10.6. The van der Waals surface area contributed by atoms with Gasteiger partial charge in [0.25, 0.3) is 0 Å². The van der Waals surface area contributed by atoms with Crippen LogP contribution in [0.1, 0.15) is 37.7 Å². The lowest BCUT2D eigenvalue weighted by atomic mass is 9.97. The van der Waals surface area contributed by atoms with Crippen molar-refractivity contribution in [2.75, 3.05) is 5.32 Å². The smallest absolute Gasteiger partial charge is 0.242 e. The molecule has 0 bridgehead atoms. The molecule has 0 aromatic heterocycles. The number of hydrogen-bond acceptors (Lipinski definition) is 2. The number of fused-ring (bicyclic) bond motifs is 1. The molecule has 3 heteroatoms. The van der Waals surface area contributed by atoms with Crippen molar-refractivity contribution in [3.05, 3.63) is 29.8 Å². The maximum atomic E-state index is 12.2. The Morgan fingerprint density at radius 3 is 2.78 bits per heavy atom. The predicted octanol–water partition coefficient (Wildman–Crippen LogP) is 2.47. The number of amides is 1. The normalized spacial score (nSPS) is 23.2. The Morgan fingerprint density at radius 1 is 1.17 bits per heavy atom. The third kappa shape index (κ3) is 2.35. The molecule has 0 saturated heterocycles. The molecule has 96 valence electrons. The van der Waals surface area contributed by atoms with Gasteiger partial charge in [0, 0.05) is 11.7 Å². The number of carbonyl (C=O) groups is 1. The van der Waals surface area contributed by atoms with Gasteiger partial charge < -0.3 is 10.6 Å². The van der Waals surface area contributed by atoms with Crippen LogP contribution in [0.5, 0.6) is 0 Å². The highest BCUT2D eigenvalue weighted by Crippen LogP contribution is 2.25. The van der Waals surface area contributed by atoms with E-state index in [1.54, 1.807) is 0 Å². The Kier molecular flexibility index (Phi) is 3.22. The molecule has 1 fully saturated rings. The summed E-state index contributed by atoms with van der Waals surface area (Å²) in [6, 6.07) is 8.62. The number of hydrogen-bond donors (Lipinski definition) is 2. The quantitative estimate of drug-likeness (QED) is 0.839. The Labute approximate surface area is 108 Å². The molecule has 1 aromatic rings. The van der Waals surface area contributed by atoms with Gasteiger partial charge in [-0.25, -0.2) is 0 Å². The highest BCUT2D eigenvalue weighted by molar-refractivity contribution is 5.85. The largest absolute Gasteiger partial charge is 0.373 e. The third-order valence-corrected chi connectivity index (χ3v) is 4.07. The van der Waals surface area contributed by atoms with Gasteiger partial charge in [-0.1, -0.05) is 31.0 Å². The molecule has 1 aliphatic carbocycles. The van der Waals surface area contributed by atoms with Crippen LogP contribution in [0.3, 0.4) is 0 Å². The van der Waals surface area contributed by atoms with E-state index < -0.39 is 0 Å². The van der Waals surface area contributed by atoms with E-state index in [4.69, 9.17) is 0 Å². The summed E-state index contributed by atoms with van der Waals surface area (Å²) >= 11 is 0. The summed E-state index contributed by atoms with van der Waals surface area (Å²) in [6.45, 7) is 0. The molecule has 1 heterocycles. The summed E-state index contributed by atoms with van der Waals surface area (Å²) < 4.78 is 0. The van der Waals surface area contributed by atoms with Crippen LogP contribution in [-0.2, 0) is 11.2 Å². The molecule has 3 nitrogen and oxygen atoms in total. The van der Waals surface area contributed by atoms with Gasteiger partial charge >= 0.3 is 0 Å². The van der Waals surface area contributed by atoms with Crippen LogP contribution in [-0.4, -0.2) is 18.0 Å². The molecular formula is C15H20N2O. The standard InChI is InChI=1S/C15H20N2O/c18-15(16-12-6-2-3-7-12)14-10-9-11-5-1-4-8-13(11)17-14/h1,4-5,8,12,14,17H,2-3,6-7,9-10H2,(H,16,18). The minimum Gasteiger partial charge on any atom is -0.373 e. The predicted molar refractivity (Wildman–Crippen MR) is 72.6 cm³/mol. The van der Waals surface area contributed by atoms with Crippen molar-refractivity contribution in [1.82, 2.24) is 5.32 Å². The van der Waals surface area contributed by atoms with Gasteiger partial charge in [0.1, 0.15) is 6.04 Å². The Balaban J connectivity index is 1.62. The molecular weight excluding hydrogens is 224 g/mol. The van der Waals surface area contributed by atoms with Gasteiger partial charge in [0.2, 0.25) is 5.91 Å². The van der Waals surface area contributed by atoms with Gasteiger partial charge in [0.15, 0.2) is 0 Å². The average Bonchev–Trinajstić information content (AvgIpc) is 2.91. The number of aryl methyl sites for hydroxylation is 1. The first-order chi connectivity index (χ1) is 8.83.